The maximum Gasteiger partial charge on any atom is 0.120 e. The van der Waals surface area contributed by atoms with Crippen molar-refractivity contribution in [2.75, 3.05) is 12.4 Å². The number of aromatic nitrogens is 1. The zero-order valence-electron chi connectivity index (χ0n) is 8.96. The first-order valence-corrected chi connectivity index (χ1v) is 6.06. The second kappa shape index (κ2) is 4.27. The van der Waals surface area contributed by atoms with Crippen LogP contribution in [0.1, 0.15) is 5.56 Å². The van der Waals surface area contributed by atoms with Gasteiger partial charge in [0, 0.05) is 30.0 Å². The van der Waals surface area contributed by atoms with E-state index in [4.69, 9.17) is 4.74 Å². The van der Waals surface area contributed by atoms with Crippen LogP contribution in [-0.4, -0.2) is 17.0 Å². The third-order valence-electron chi connectivity index (χ3n) is 2.64. The van der Waals surface area contributed by atoms with Crippen molar-refractivity contribution in [3.63, 3.8) is 0 Å². The standard InChI is InChI=1S/C12H14BrNO/c1-14-8-9(5-6-13)11-4-3-10(15-2)7-12(11)14/h3-4,7-8H,5-6H2,1-2H3. The first-order chi connectivity index (χ1) is 7.26. The molecule has 0 spiro atoms. The van der Waals surface area contributed by atoms with Crippen molar-refractivity contribution in [2.45, 2.75) is 6.42 Å². The van der Waals surface area contributed by atoms with Gasteiger partial charge in [0.05, 0.1) is 12.6 Å². The molecule has 0 aliphatic heterocycles. The van der Waals surface area contributed by atoms with Crippen molar-refractivity contribution < 1.29 is 4.74 Å². The summed E-state index contributed by atoms with van der Waals surface area (Å²) in [5.74, 6) is 0.911. The highest BCUT2D eigenvalue weighted by Crippen LogP contribution is 2.25. The highest BCUT2D eigenvalue weighted by molar-refractivity contribution is 9.09. The molecule has 0 N–H and O–H groups in total. The van der Waals surface area contributed by atoms with Gasteiger partial charge in [0.15, 0.2) is 0 Å². The van der Waals surface area contributed by atoms with E-state index < -0.39 is 0 Å². The Labute approximate surface area is 98.0 Å². The molecule has 3 heteroatoms. The summed E-state index contributed by atoms with van der Waals surface area (Å²) in [5, 5.41) is 2.32. The molecule has 0 saturated heterocycles. The van der Waals surface area contributed by atoms with E-state index in [1.807, 2.05) is 6.07 Å². The molecular weight excluding hydrogens is 254 g/mol. The van der Waals surface area contributed by atoms with Crippen LogP contribution in [-0.2, 0) is 13.5 Å². The van der Waals surface area contributed by atoms with Gasteiger partial charge in [-0.25, -0.2) is 0 Å². The van der Waals surface area contributed by atoms with Gasteiger partial charge >= 0.3 is 0 Å². The molecule has 2 aromatic rings. The topological polar surface area (TPSA) is 14.2 Å². The molecule has 0 radical (unpaired) electrons. The van der Waals surface area contributed by atoms with E-state index in [0.717, 1.165) is 17.5 Å². The zero-order chi connectivity index (χ0) is 10.8. The Bertz CT molecular complexity index is 476. The van der Waals surface area contributed by atoms with Crippen molar-refractivity contribution in [3.8, 4) is 5.75 Å². The fourth-order valence-electron chi connectivity index (χ4n) is 1.88. The second-order valence-electron chi connectivity index (χ2n) is 3.59. The van der Waals surface area contributed by atoms with E-state index in [-0.39, 0.29) is 0 Å². The molecule has 0 aliphatic rings. The van der Waals surface area contributed by atoms with Gasteiger partial charge in [-0.1, -0.05) is 15.9 Å². The van der Waals surface area contributed by atoms with Crippen LogP contribution in [0.2, 0.25) is 0 Å². The summed E-state index contributed by atoms with van der Waals surface area (Å²) in [5.41, 5.74) is 2.61. The minimum absolute atomic E-state index is 0.911. The summed E-state index contributed by atoms with van der Waals surface area (Å²) in [6.07, 6.45) is 3.25. The Morgan fingerprint density at radius 1 is 1.40 bits per heavy atom. The number of nitrogens with zero attached hydrogens (tertiary/aromatic N) is 1. The van der Waals surface area contributed by atoms with Gasteiger partial charge in [-0.3, -0.25) is 0 Å². The molecule has 1 aromatic heterocycles. The number of ether oxygens (including phenoxy) is 1. The number of aryl methyl sites for hydroxylation is 2. The number of hydrogen-bond acceptors (Lipinski definition) is 1. The van der Waals surface area contributed by atoms with Crippen molar-refractivity contribution in [2.24, 2.45) is 7.05 Å². The lowest BCUT2D eigenvalue weighted by Gasteiger charge is -2.01. The fraction of sp³-hybridized carbons (Fsp3) is 0.333. The number of rotatable bonds is 3. The van der Waals surface area contributed by atoms with Crippen LogP contribution >= 0.6 is 15.9 Å². The van der Waals surface area contributed by atoms with Gasteiger partial charge in [-0.2, -0.15) is 0 Å². The average molecular weight is 268 g/mol. The molecule has 0 fully saturated rings. The van der Waals surface area contributed by atoms with E-state index in [1.54, 1.807) is 7.11 Å². The molecular formula is C12H14BrNO. The van der Waals surface area contributed by atoms with E-state index in [0.29, 0.717) is 0 Å². The summed E-state index contributed by atoms with van der Waals surface area (Å²) >= 11 is 3.48. The van der Waals surface area contributed by atoms with Crippen molar-refractivity contribution >= 4 is 26.8 Å². The number of halogens is 1. The molecule has 80 valence electrons. The normalized spacial score (nSPS) is 10.9. The van der Waals surface area contributed by atoms with E-state index >= 15 is 0 Å². The Kier molecular flexibility index (Phi) is 3.00. The Balaban J connectivity index is 2.59. The monoisotopic (exact) mass is 267 g/mol. The van der Waals surface area contributed by atoms with E-state index in [1.165, 1.54) is 16.5 Å². The third kappa shape index (κ3) is 1.88. The van der Waals surface area contributed by atoms with Crippen LogP contribution in [0.15, 0.2) is 24.4 Å². The fourth-order valence-corrected chi connectivity index (χ4v) is 2.30. The van der Waals surface area contributed by atoms with Crippen LogP contribution in [0, 0.1) is 0 Å². The quantitative estimate of drug-likeness (QED) is 0.780. The Hall–Kier alpha value is -0.960. The molecule has 15 heavy (non-hydrogen) atoms. The van der Waals surface area contributed by atoms with Gasteiger partial charge in [-0.05, 0) is 24.1 Å². The maximum atomic E-state index is 5.22. The summed E-state index contributed by atoms with van der Waals surface area (Å²) in [6, 6.07) is 6.22. The summed E-state index contributed by atoms with van der Waals surface area (Å²) in [4.78, 5) is 0. The SMILES string of the molecule is COc1ccc2c(CCBr)cn(C)c2c1. The largest absolute Gasteiger partial charge is 0.497 e. The molecule has 0 atom stereocenters. The highest BCUT2D eigenvalue weighted by Gasteiger charge is 2.06. The van der Waals surface area contributed by atoms with Crippen molar-refractivity contribution in [1.82, 2.24) is 4.57 Å². The predicted octanol–water partition coefficient (Wildman–Crippen LogP) is 3.12. The second-order valence-corrected chi connectivity index (χ2v) is 4.38. The van der Waals surface area contributed by atoms with Gasteiger partial charge in [0.2, 0.25) is 0 Å². The van der Waals surface area contributed by atoms with E-state index in [2.05, 4.69) is 45.9 Å². The average Bonchev–Trinajstić information content (AvgIpc) is 2.56. The number of benzene rings is 1. The molecule has 0 bridgehead atoms. The van der Waals surface area contributed by atoms with Gasteiger partial charge in [0.25, 0.3) is 0 Å². The molecule has 2 rings (SSSR count). The van der Waals surface area contributed by atoms with E-state index in [9.17, 15) is 0 Å². The lowest BCUT2D eigenvalue weighted by molar-refractivity contribution is 0.415. The first-order valence-electron chi connectivity index (χ1n) is 4.94. The number of fused-ring (bicyclic) bond motifs is 1. The van der Waals surface area contributed by atoms with Crippen molar-refractivity contribution in [1.29, 1.82) is 0 Å². The predicted molar refractivity (Wildman–Crippen MR) is 67.0 cm³/mol. The summed E-state index contributed by atoms with van der Waals surface area (Å²) < 4.78 is 7.37. The first kappa shape index (κ1) is 10.6. The van der Waals surface area contributed by atoms with Crippen LogP contribution in [0.4, 0.5) is 0 Å². The van der Waals surface area contributed by atoms with Gasteiger partial charge in [-0.15, -0.1) is 0 Å². The molecule has 0 saturated carbocycles. The van der Waals surface area contributed by atoms with Gasteiger partial charge in [0.1, 0.15) is 5.75 Å². The van der Waals surface area contributed by atoms with Crippen molar-refractivity contribution in [3.05, 3.63) is 30.0 Å². The molecule has 1 aromatic carbocycles. The zero-order valence-corrected chi connectivity index (χ0v) is 10.5. The lowest BCUT2D eigenvalue weighted by Crippen LogP contribution is -1.86. The number of hydrogen-bond donors (Lipinski definition) is 0. The van der Waals surface area contributed by atoms with Crippen LogP contribution in [0.5, 0.6) is 5.75 Å². The highest BCUT2D eigenvalue weighted by atomic mass is 79.9. The summed E-state index contributed by atoms with van der Waals surface area (Å²) in [6.45, 7) is 0. The summed E-state index contributed by atoms with van der Waals surface area (Å²) in [7, 11) is 3.77. The molecule has 0 aliphatic carbocycles. The maximum absolute atomic E-state index is 5.22. The molecule has 0 unspecified atom stereocenters. The Morgan fingerprint density at radius 3 is 2.87 bits per heavy atom. The molecule has 1 heterocycles. The third-order valence-corrected chi connectivity index (χ3v) is 3.04. The lowest BCUT2D eigenvalue weighted by atomic mass is 10.1. The van der Waals surface area contributed by atoms with Crippen LogP contribution in [0.25, 0.3) is 10.9 Å². The Morgan fingerprint density at radius 2 is 2.20 bits per heavy atom. The minimum atomic E-state index is 0.911. The smallest absolute Gasteiger partial charge is 0.120 e. The number of alkyl halides is 1. The van der Waals surface area contributed by atoms with Crippen LogP contribution < -0.4 is 4.74 Å². The molecule has 0 amide bonds. The number of methoxy groups -OCH3 is 1. The minimum Gasteiger partial charge on any atom is -0.497 e. The molecule has 2 nitrogen and oxygen atoms in total. The van der Waals surface area contributed by atoms with Crippen LogP contribution in [0.3, 0.4) is 0 Å². The van der Waals surface area contributed by atoms with Gasteiger partial charge < -0.3 is 9.30 Å².